The number of aromatic nitrogens is 3. The molecule has 0 bridgehead atoms. The Morgan fingerprint density at radius 1 is 1.27 bits per heavy atom. The van der Waals surface area contributed by atoms with Crippen LogP contribution < -0.4 is 5.32 Å². The molecule has 10 heteroatoms. The molecule has 2 aromatic heterocycles. The lowest BCUT2D eigenvalue weighted by Crippen LogP contribution is -2.33. The van der Waals surface area contributed by atoms with E-state index in [1.54, 1.807) is 18.3 Å². The number of H-pyrrole nitrogens is 1. The van der Waals surface area contributed by atoms with E-state index in [4.69, 9.17) is 11.6 Å². The SMILES string of the molecule is O=C(N[C@H]1[C@@H]2C[C@@](O)(c3cc(Cl)cc4[nH]ncc34)C[C@@H]21)c1ccnc(C(F)(F)F)c1. The number of fused-ring (bicyclic) bond motifs is 2. The second kappa shape index (κ2) is 6.42. The van der Waals surface area contributed by atoms with Gasteiger partial charge in [-0.1, -0.05) is 11.6 Å². The molecule has 3 N–H and O–H groups in total. The van der Waals surface area contributed by atoms with Gasteiger partial charge in [0.15, 0.2) is 0 Å². The summed E-state index contributed by atoms with van der Waals surface area (Å²) in [6.07, 6.45) is -1.15. The van der Waals surface area contributed by atoms with Crippen LogP contribution in [0.25, 0.3) is 10.9 Å². The van der Waals surface area contributed by atoms with Crippen molar-refractivity contribution in [2.45, 2.75) is 30.7 Å². The van der Waals surface area contributed by atoms with E-state index in [1.165, 1.54) is 6.07 Å². The molecule has 2 aliphatic carbocycles. The molecule has 0 radical (unpaired) electrons. The number of aromatic amines is 1. The smallest absolute Gasteiger partial charge is 0.385 e. The first-order valence-corrected chi connectivity index (χ1v) is 9.73. The molecule has 1 amide bonds. The first kappa shape index (κ1) is 19.3. The fraction of sp³-hybridized carbons (Fsp3) is 0.350. The number of hydrogen-bond acceptors (Lipinski definition) is 4. The topological polar surface area (TPSA) is 90.9 Å². The minimum absolute atomic E-state index is 0.0452. The van der Waals surface area contributed by atoms with Crippen molar-refractivity contribution in [3.05, 3.63) is 58.5 Å². The fourth-order valence-corrected chi connectivity index (χ4v) is 4.88. The molecular weight excluding hydrogens is 421 g/mol. The lowest BCUT2D eigenvalue weighted by molar-refractivity contribution is -0.141. The van der Waals surface area contributed by atoms with Crippen molar-refractivity contribution in [2.24, 2.45) is 11.8 Å². The van der Waals surface area contributed by atoms with Crippen molar-refractivity contribution >= 4 is 28.4 Å². The number of carbonyl (C=O) groups excluding carboxylic acids is 1. The Morgan fingerprint density at radius 2 is 2.00 bits per heavy atom. The van der Waals surface area contributed by atoms with Gasteiger partial charge in [0.2, 0.25) is 0 Å². The van der Waals surface area contributed by atoms with Crippen molar-refractivity contribution in [3.63, 3.8) is 0 Å². The van der Waals surface area contributed by atoms with Crippen molar-refractivity contribution in [1.82, 2.24) is 20.5 Å². The predicted octanol–water partition coefficient (Wildman–Crippen LogP) is 3.66. The van der Waals surface area contributed by atoms with Crippen LogP contribution in [0.5, 0.6) is 0 Å². The summed E-state index contributed by atoms with van der Waals surface area (Å²) in [6.45, 7) is 0. The third kappa shape index (κ3) is 3.13. The number of amides is 1. The number of rotatable bonds is 3. The number of carbonyl (C=O) groups is 1. The molecule has 6 nitrogen and oxygen atoms in total. The van der Waals surface area contributed by atoms with Gasteiger partial charge in [0.25, 0.3) is 5.91 Å². The largest absolute Gasteiger partial charge is 0.433 e. The third-order valence-corrected chi connectivity index (χ3v) is 6.33. The van der Waals surface area contributed by atoms with E-state index in [9.17, 15) is 23.1 Å². The summed E-state index contributed by atoms with van der Waals surface area (Å²) in [4.78, 5) is 15.7. The zero-order chi connectivity index (χ0) is 21.3. The molecule has 1 aromatic carbocycles. The fourth-order valence-electron chi connectivity index (χ4n) is 4.66. The van der Waals surface area contributed by atoms with Gasteiger partial charge in [-0.05, 0) is 54.5 Å². The highest BCUT2D eigenvalue weighted by Gasteiger charge is 2.62. The monoisotopic (exact) mass is 436 g/mol. The van der Waals surface area contributed by atoms with E-state index < -0.39 is 23.4 Å². The second-order valence-electron chi connectivity index (χ2n) is 7.98. The van der Waals surface area contributed by atoms with Gasteiger partial charge in [-0.3, -0.25) is 14.9 Å². The van der Waals surface area contributed by atoms with Crippen LogP contribution in [0.3, 0.4) is 0 Å². The summed E-state index contributed by atoms with van der Waals surface area (Å²) in [6, 6.07) is 5.28. The normalized spacial score (nSPS) is 27.8. The molecule has 4 atom stereocenters. The zero-order valence-corrected chi connectivity index (χ0v) is 16.1. The van der Waals surface area contributed by atoms with Gasteiger partial charge in [0, 0.05) is 28.2 Å². The van der Waals surface area contributed by atoms with Crippen LogP contribution in [-0.4, -0.2) is 32.2 Å². The molecule has 2 heterocycles. The molecule has 0 spiro atoms. The summed E-state index contributed by atoms with van der Waals surface area (Å²) >= 11 is 6.18. The molecule has 2 saturated carbocycles. The highest BCUT2D eigenvalue weighted by Crippen LogP contribution is 2.60. The molecule has 0 saturated heterocycles. The highest BCUT2D eigenvalue weighted by molar-refractivity contribution is 6.31. The highest BCUT2D eigenvalue weighted by atomic mass is 35.5. The van der Waals surface area contributed by atoms with Crippen molar-refractivity contribution < 1.29 is 23.1 Å². The van der Waals surface area contributed by atoms with E-state index in [0.29, 0.717) is 23.4 Å². The minimum Gasteiger partial charge on any atom is -0.385 e. The molecule has 0 aliphatic heterocycles. The molecule has 30 heavy (non-hydrogen) atoms. The maximum atomic E-state index is 12.8. The number of benzene rings is 1. The van der Waals surface area contributed by atoms with Crippen LogP contribution in [0.4, 0.5) is 13.2 Å². The molecule has 2 fully saturated rings. The maximum Gasteiger partial charge on any atom is 0.433 e. The summed E-state index contributed by atoms with van der Waals surface area (Å²) in [5.41, 5.74) is -0.864. The Kier molecular flexibility index (Phi) is 4.14. The number of nitrogens with one attached hydrogen (secondary N) is 2. The predicted molar refractivity (Wildman–Crippen MR) is 102 cm³/mol. The van der Waals surface area contributed by atoms with Crippen molar-refractivity contribution in [3.8, 4) is 0 Å². The lowest BCUT2D eigenvalue weighted by Gasteiger charge is -2.27. The first-order valence-electron chi connectivity index (χ1n) is 9.35. The average molecular weight is 437 g/mol. The Hall–Kier alpha value is -2.65. The third-order valence-electron chi connectivity index (χ3n) is 6.11. The van der Waals surface area contributed by atoms with E-state index in [-0.39, 0.29) is 23.4 Å². The Bertz CT molecular complexity index is 1150. The van der Waals surface area contributed by atoms with Gasteiger partial charge < -0.3 is 10.4 Å². The summed E-state index contributed by atoms with van der Waals surface area (Å²) in [5.74, 6) is -0.488. The van der Waals surface area contributed by atoms with Gasteiger partial charge in [-0.15, -0.1) is 0 Å². The van der Waals surface area contributed by atoms with Crippen LogP contribution in [0.15, 0.2) is 36.7 Å². The minimum atomic E-state index is -4.61. The molecular formula is C20H16ClF3N4O2. The van der Waals surface area contributed by atoms with Crippen LogP contribution in [0.2, 0.25) is 5.02 Å². The molecule has 5 rings (SSSR count). The second-order valence-corrected chi connectivity index (χ2v) is 8.42. The van der Waals surface area contributed by atoms with Gasteiger partial charge in [0.05, 0.1) is 17.3 Å². The van der Waals surface area contributed by atoms with Crippen molar-refractivity contribution in [1.29, 1.82) is 0 Å². The van der Waals surface area contributed by atoms with Gasteiger partial charge >= 0.3 is 6.18 Å². The van der Waals surface area contributed by atoms with E-state index in [2.05, 4.69) is 20.5 Å². The number of alkyl halides is 3. The van der Waals surface area contributed by atoms with Crippen molar-refractivity contribution in [2.75, 3.05) is 0 Å². The average Bonchev–Trinajstić information content (AvgIpc) is 3.03. The van der Waals surface area contributed by atoms with Gasteiger partial charge in [0.1, 0.15) is 5.69 Å². The zero-order valence-electron chi connectivity index (χ0n) is 15.4. The number of halogens is 4. The number of nitrogens with zero attached hydrogens (tertiary/aromatic N) is 2. The maximum absolute atomic E-state index is 12.8. The molecule has 0 unspecified atom stereocenters. The lowest BCUT2D eigenvalue weighted by atomic mass is 9.86. The van der Waals surface area contributed by atoms with Gasteiger partial charge in [-0.25, -0.2) is 0 Å². The van der Waals surface area contributed by atoms with Gasteiger partial charge in [-0.2, -0.15) is 18.3 Å². The molecule has 3 aromatic rings. The summed E-state index contributed by atoms with van der Waals surface area (Å²) in [7, 11) is 0. The first-order chi connectivity index (χ1) is 14.2. The number of hydrogen-bond donors (Lipinski definition) is 3. The Morgan fingerprint density at radius 3 is 2.70 bits per heavy atom. The molecule has 156 valence electrons. The Labute approximate surface area is 173 Å². The summed E-state index contributed by atoms with van der Waals surface area (Å²) in [5, 5.41) is 22.2. The standard InChI is InChI=1S/C20H16ClF3N4O2/c21-10-4-14(13-8-26-28-15(13)5-10)19(30)6-11-12(7-19)17(11)27-18(29)9-1-2-25-16(3-9)20(22,23)24/h1-5,8,11-12,17,30H,6-7H2,(H,26,28)(H,27,29)/t11-,12+,17+,19+. The quantitative estimate of drug-likeness (QED) is 0.584. The van der Waals surface area contributed by atoms with Crippen LogP contribution in [0, 0.1) is 11.8 Å². The number of aliphatic hydroxyl groups is 1. The number of pyridine rings is 1. The van der Waals surface area contributed by atoms with E-state index in [1.807, 2.05) is 0 Å². The van der Waals surface area contributed by atoms with Crippen LogP contribution >= 0.6 is 11.6 Å². The molecule has 2 aliphatic rings. The van der Waals surface area contributed by atoms with E-state index >= 15 is 0 Å². The van der Waals surface area contributed by atoms with Crippen LogP contribution in [-0.2, 0) is 11.8 Å². The van der Waals surface area contributed by atoms with E-state index in [0.717, 1.165) is 23.2 Å². The van der Waals surface area contributed by atoms with Crippen LogP contribution in [0.1, 0.15) is 34.5 Å². The summed E-state index contributed by atoms with van der Waals surface area (Å²) < 4.78 is 38.5. The Balaban J connectivity index is 1.30.